The Morgan fingerprint density at radius 2 is 2.04 bits per heavy atom. The van der Waals surface area contributed by atoms with Crippen molar-refractivity contribution in [2.45, 2.75) is 13.3 Å². The van der Waals surface area contributed by atoms with Crippen LogP contribution in [0.1, 0.15) is 21.6 Å². The molecule has 0 atom stereocenters. The second-order valence-corrected chi connectivity index (χ2v) is 6.77. The quantitative estimate of drug-likeness (QED) is 0.712. The molecule has 7 heteroatoms. The second kappa shape index (κ2) is 6.17. The molecule has 126 valence electrons. The van der Waals surface area contributed by atoms with Crippen molar-refractivity contribution in [1.82, 2.24) is 20.3 Å². The molecule has 0 spiro atoms. The Bertz CT molecular complexity index is 973. The largest absolute Gasteiger partial charge is 0.356 e. The molecule has 3 aromatic rings. The molecule has 0 aliphatic carbocycles. The molecule has 0 bridgehead atoms. The zero-order valence-corrected chi connectivity index (χ0v) is 14.9. The molecule has 5 nitrogen and oxygen atoms in total. The molecule has 1 aliphatic heterocycles. The lowest BCUT2D eigenvalue weighted by molar-refractivity contribution is 0.0946. The highest BCUT2D eigenvalue weighted by atomic mass is 35.5. The number of aryl methyl sites for hydroxylation is 1. The van der Waals surface area contributed by atoms with Gasteiger partial charge in [0.25, 0.3) is 5.91 Å². The summed E-state index contributed by atoms with van der Waals surface area (Å²) in [6.07, 6.45) is 2.46. The van der Waals surface area contributed by atoms with E-state index in [0.717, 1.165) is 28.9 Å². The second-order valence-electron chi connectivity index (χ2n) is 5.93. The Labute approximate surface area is 154 Å². The summed E-state index contributed by atoms with van der Waals surface area (Å²) in [5, 5.41) is 3.92. The van der Waals surface area contributed by atoms with Crippen molar-refractivity contribution in [3.05, 3.63) is 57.3 Å². The highest BCUT2D eigenvalue weighted by molar-refractivity contribution is 6.36. The predicted molar refractivity (Wildman–Crippen MR) is 98.0 cm³/mol. The van der Waals surface area contributed by atoms with Crippen molar-refractivity contribution in [3.8, 4) is 22.8 Å². The zero-order chi connectivity index (χ0) is 17.6. The van der Waals surface area contributed by atoms with Crippen molar-refractivity contribution in [1.29, 1.82) is 0 Å². The minimum Gasteiger partial charge on any atom is -0.356 e. The van der Waals surface area contributed by atoms with Gasteiger partial charge in [0.05, 0.1) is 22.0 Å². The van der Waals surface area contributed by atoms with Gasteiger partial charge in [0.1, 0.15) is 0 Å². The summed E-state index contributed by atoms with van der Waals surface area (Å²) in [5.74, 6) is 0.461. The van der Waals surface area contributed by atoms with Crippen LogP contribution in [0.4, 0.5) is 0 Å². The van der Waals surface area contributed by atoms with E-state index in [4.69, 9.17) is 23.2 Å². The lowest BCUT2D eigenvalue weighted by Crippen LogP contribution is -2.31. The minimum atomic E-state index is -0.0605. The molecule has 0 saturated carbocycles. The van der Waals surface area contributed by atoms with Gasteiger partial charge in [0, 0.05) is 35.4 Å². The molecule has 0 saturated heterocycles. The molecule has 0 radical (unpaired) electrons. The van der Waals surface area contributed by atoms with Crippen LogP contribution in [0, 0.1) is 6.92 Å². The van der Waals surface area contributed by atoms with E-state index in [1.165, 1.54) is 0 Å². The Hall–Kier alpha value is -2.37. The highest BCUT2D eigenvalue weighted by Gasteiger charge is 2.21. The third-order valence-corrected chi connectivity index (χ3v) is 4.73. The van der Waals surface area contributed by atoms with Crippen LogP contribution >= 0.6 is 23.2 Å². The van der Waals surface area contributed by atoms with Crippen LogP contribution < -0.4 is 5.32 Å². The third-order valence-electron chi connectivity index (χ3n) is 4.21. The van der Waals surface area contributed by atoms with Gasteiger partial charge in [-0.05, 0) is 36.8 Å². The number of fused-ring (bicyclic) bond motifs is 1. The van der Waals surface area contributed by atoms with Gasteiger partial charge in [-0.3, -0.25) is 4.79 Å². The molecule has 4 rings (SSSR count). The van der Waals surface area contributed by atoms with Crippen LogP contribution in [-0.4, -0.2) is 27.4 Å². The van der Waals surface area contributed by atoms with E-state index in [1.54, 1.807) is 18.3 Å². The smallest absolute Gasteiger partial charge is 0.253 e. The van der Waals surface area contributed by atoms with E-state index in [1.807, 2.05) is 19.1 Å². The number of aromatic nitrogens is 3. The number of aromatic amines is 1. The maximum atomic E-state index is 11.9. The lowest BCUT2D eigenvalue weighted by Gasteiger charge is -2.11. The van der Waals surface area contributed by atoms with Crippen molar-refractivity contribution < 1.29 is 4.79 Å². The number of halogens is 2. The predicted octanol–water partition coefficient (Wildman–Crippen LogP) is 4.04. The average molecular weight is 373 g/mol. The number of benzene rings is 1. The Morgan fingerprint density at radius 1 is 1.20 bits per heavy atom. The number of hydrogen-bond acceptors (Lipinski definition) is 3. The van der Waals surface area contributed by atoms with Gasteiger partial charge in [0.2, 0.25) is 0 Å². The first-order valence-corrected chi connectivity index (χ1v) is 8.58. The fourth-order valence-corrected chi connectivity index (χ4v) is 3.73. The fourth-order valence-electron chi connectivity index (χ4n) is 3.05. The van der Waals surface area contributed by atoms with E-state index >= 15 is 0 Å². The van der Waals surface area contributed by atoms with Crippen LogP contribution in [0.2, 0.25) is 10.0 Å². The summed E-state index contributed by atoms with van der Waals surface area (Å²) in [5.41, 5.74) is 4.74. The van der Waals surface area contributed by atoms with Crippen molar-refractivity contribution in [2.75, 3.05) is 6.54 Å². The molecule has 25 heavy (non-hydrogen) atoms. The number of carbonyl (C=O) groups is 1. The minimum absolute atomic E-state index is 0.0605. The van der Waals surface area contributed by atoms with Gasteiger partial charge in [-0.25, -0.2) is 9.97 Å². The summed E-state index contributed by atoms with van der Waals surface area (Å²) in [4.78, 5) is 24.2. The van der Waals surface area contributed by atoms with Crippen LogP contribution in [-0.2, 0) is 6.42 Å². The van der Waals surface area contributed by atoms with Crippen LogP contribution in [0.25, 0.3) is 22.8 Å². The van der Waals surface area contributed by atoms with Gasteiger partial charge in [0.15, 0.2) is 5.82 Å². The first-order chi connectivity index (χ1) is 12.0. The molecule has 0 fully saturated rings. The Balaban J connectivity index is 1.80. The molecule has 1 aliphatic rings. The lowest BCUT2D eigenvalue weighted by atomic mass is 10.1. The maximum Gasteiger partial charge on any atom is 0.253 e. The number of amides is 1. The van der Waals surface area contributed by atoms with Crippen molar-refractivity contribution in [3.63, 3.8) is 0 Å². The molecular formula is C18H14Cl2N4O. The maximum absolute atomic E-state index is 11.9. The Morgan fingerprint density at radius 3 is 2.80 bits per heavy atom. The highest BCUT2D eigenvalue weighted by Crippen LogP contribution is 2.33. The number of rotatable bonds is 2. The third kappa shape index (κ3) is 2.90. The molecule has 1 aromatic carbocycles. The standard InChI is InChI=1S/C18H14Cl2N4O/c1-9-6-10(19)7-12(20)16(9)17-21-4-3-14(24-17)15-8-11-13(23-15)2-5-22-18(11)25/h3-4,6-8,23H,2,5H2,1H3,(H,22,25). The molecular weight excluding hydrogens is 359 g/mol. The number of hydrogen-bond donors (Lipinski definition) is 2. The van der Waals surface area contributed by atoms with E-state index in [-0.39, 0.29) is 5.91 Å². The van der Waals surface area contributed by atoms with Crippen LogP contribution in [0.3, 0.4) is 0 Å². The van der Waals surface area contributed by atoms with Gasteiger partial charge >= 0.3 is 0 Å². The van der Waals surface area contributed by atoms with E-state index < -0.39 is 0 Å². The summed E-state index contributed by atoms with van der Waals surface area (Å²) in [6, 6.07) is 7.14. The molecule has 3 heterocycles. The first-order valence-electron chi connectivity index (χ1n) is 7.82. The summed E-state index contributed by atoms with van der Waals surface area (Å²) in [7, 11) is 0. The molecule has 2 N–H and O–H groups in total. The molecule has 1 amide bonds. The normalized spacial score (nSPS) is 13.5. The Kier molecular flexibility index (Phi) is 3.98. The van der Waals surface area contributed by atoms with Gasteiger partial charge < -0.3 is 10.3 Å². The van der Waals surface area contributed by atoms with E-state index in [2.05, 4.69) is 20.3 Å². The zero-order valence-electron chi connectivity index (χ0n) is 13.4. The van der Waals surface area contributed by atoms with Crippen molar-refractivity contribution in [2.24, 2.45) is 0 Å². The number of nitrogens with zero attached hydrogens (tertiary/aromatic N) is 2. The number of carbonyl (C=O) groups excluding carboxylic acids is 1. The fraction of sp³-hybridized carbons (Fsp3) is 0.167. The van der Waals surface area contributed by atoms with Crippen molar-refractivity contribution >= 4 is 29.1 Å². The summed E-state index contributed by atoms with van der Waals surface area (Å²) < 4.78 is 0. The summed E-state index contributed by atoms with van der Waals surface area (Å²) in [6.45, 7) is 2.56. The number of nitrogens with one attached hydrogen (secondary N) is 2. The monoisotopic (exact) mass is 372 g/mol. The summed E-state index contributed by atoms with van der Waals surface area (Å²) >= 11 is 12.4. The average Bonchev–Trinajstić information content (AvgIpc) is 3.00. The SMILES string of the molecule is Cc1cc(Cl)cc(Cl)c1-c1nccc(-c2cc3c([nH]2)CCNC3=O)n1. The molecule has 2 aromatic heterocycles. The van der Waals surface area contributed by atoms with Gasteiger partial charge in [-0.2, -0.15) is 0 Å². The van der Waals surface area contributed by atoms with Gasteiger partial charge in [-0.1, -0.05) is 23.2 Å². The van der Waals surface area contributed by atoms with Crippen LogP contribution in [0.5, 0.6) is 0 Å². The van der Waals surface area contributed by atoms with Gasteiger partial charge in [-0.15, -0.1) is 0 Å². The van der Waals surface area contributed by atoms with E-state index in [0.29, 0.717) is 33.7 Å². The van der Waals surface area contributed by atoms with Crippen LogP contribution in [0.15, 0.2) is 30.5 Å². The van der Waals surface area contributed by atoms with E-state index in [9.17, 15) is 4.79 Å². The molecule has 0 unspecified atom stereocenters. The number of H-pyrrole nitrogens is 1. The first kappa shape index (κ1) is 16.1. The topological polar surface area (TPSA) is 70.7 Å².